The molecule has 2 N–H and O–H groups in total. The maximum atomic E-state index is 12.1. The fourth-order valence-corrected chi connectivity index (χ4v) is 2.02. The van der Waals surface area contributed by atoms with Crippen molar-refractivity contribution in [2.24, 2.45) is 0 Å². The van der Waals surface area contributed by atoms with Crippen LogP contribution in [0.25, 0.3) is 0 Å². The van der Waals surface area contributed by atoms with Crippen molar-refractivity contribution in [3.8, 4) is 0 Å². The van der Waals surface area contributed by atoms with Gasteiger partial charge in [-0.15, -0.1) is 0 Å². The lowest BCUT2D eigenvalue weighted by Crippen LogP contribution is -2.33. The summed E-state index contributed by atoms with van der Waals surface area (Å²) in [4.78, 5) is 25.3. The number of benzene rings is 1. The third kappa shape index (κ3) is 4.10. The van der Waals surface area contributed by atoms with Gasteiger partial charge in [-0.1, -0.05) is 23.7 Å². The van der Waals surface area contributed by atoms with Crippen LogP contribution in [0.15, 0.2) is 47.4 Å². The second kappa shape index (κ2) is 6.45. The van der Waals surface area contributed by atoms with Gasteiger partial charge in [0.05, 0.1) is 0 Å². The Hall–Kier alpha value is -2.27. The molecule has 0 aliphatic rings. The molecule has 1 amide bonds. The van der Waals surface area contributed by atoms with Crippen LogP contribution in [0.2, 0.25) is 5.02 Å². The van der Waals surface area contributed by atoms with Crippen molar-refractivity contribution in [1.82, 2.24) is 9.47 Å². The van der Waals surface area contributed by atoms with Crippen LogP contribution < -0.4 is 11.3 Å². The van der Waals surface area contributed by atoms with E-state index in [0.717, 1.165) is 5.56 Å². The highest BCUT2D eigenvalue weighted by atomic mass is 35.5. The molecule has 6 heteroatoms. The maximum Gasteiger partial charge on any atom is 0.251 e. The molecule has 0 aliphatic heterocycles. The second-order valence-corrected chi connectivity index (χ2v) is 5.24. The third-order valence-electron chi connectivity index (χ3n) is 3.07. The van der Waals surface area contributed by atoms with Crippen LogP contribution in [0.5, 0.6) is 0 Å². The molecule has 2 aromatic rings. The van der Waals surface area contributed by atoms with Crippen molar-refractivity contribution < 1.29 is 4.79 Å². The first kappa shape index (κ1) is 15.1. The lowest BCUT2D eigenvalue weighted by Gasteiger charge is -2.18. The molecule has 110 valence electrons. The van der Waals surface area contributed by atoms with Crippen molar-refractivity contribution in [3.63, 3.8) is 0 Å². The molecular weight excluding hydrogens is 290 g/mol. The van der Waals surface area contributed by atoms with Gasteiger partial charge in [0.1, 0.15) is 6.54 Å². The molecule has 0 fully saturated rings. The van der Waals surface area contributed by atoms with Crippen molar-refractivity contribution in [2.45, 2.75) is 13.1 Å². The van der Waals surface area contributed by atoms with E-state index in [1.165, 1.54) is 22.9 Å². The number of rotatable bonds is 4. The Labute approximate surface area is 127 Å². The first-order chi connectivity index (χ1) is 9.95. The summed E-state index contributed by atoms with van der Waals surface area (Å²) < 4.78 is 1.30. The van der Waals surface area contributed by atoms with Gasteiger partial charge in [-0.25, -0.2) is 0 Å². The fraction of sp³-hybridized carbons (Fsp3) is 0.200. The normalized spacial score (nSPS) is 10.4. The molecule has 1 heterocycles. The highest BCUT2D eigenvalue weighted by Crippen LogP contribution is 2.11. The Morgan fingerprint density at radius 2 is 1.90 bits per heavy atom. The van der Waals surface area contributed by atoms with Gasteiger partial charge < -0.3 is 15.2 Å². The summed E-state index contributed by atoms with van der Waals surface area (Å²) in [5.41, 5.74) is 6.78. The Kier molecular flexibility index (Phi) is 4.65. The summed E-state index contributed by atoms with van der Waals surface area (Å²) >= 11 is 5.82. The maximum absolute atomic E-state index is 12.1. The predicted octanol–water partition coefficient (Wildman–Crippen LogP) is 1.74. The minimum absolute atomic E-state index is 0.0338. The van der Waals surface area contributed by atoms with Gasteiger partial charge in [0.15, 0.2) is 0 Å². The highest BCUT2D eigenvalue weighted by molar-refractivity contribution is 6.30. The number of nitrogens with two attached hydrogens (primary N) is 1. The lowest BCUT2D eigenvalue weighted by molar-refractivity contribution is -0.131. The number of hydrogen-bond donors (Lipinski definition) is 1. The summed E-state index contributed by atoms with van der Waals surface area (Å²) in [5.74, 6) is -0.169. The summed E-state index contributed by atoms with van der Waals surface area (Å²) in [7, 11) is 1.69. The van der Waals surface area contributed by atoms with Crippen molar-refractivity contribution in [1.29, 1.82) is 0 Å². The first-order valence-electron chi connectivity index (χ1n) is 6.40. The molecule has 2 rings (SSSR count). The smallest absolute Gasteiger partial charge is 0.251 e. The molecule has 1 aromatic heterocycles. The summed E-state index contributed by atoms with van der Waals surface area (Å²) in [6.45, 7) is 0.418. The Bertz CT molecular complexity index is 695. The number of carbonyl (C=O) groups excluding carboxylic acids is 1. The summed E-state index contributed by atoms with van der Waals surface area (Å²) in [6.07, 6.45) is 1.47. The zero-order valence-corrected chi connectivity index (χ0v) is 12.4. The zero-order chi connectivity index (χ0) is 15.4. The molecule has 5 nitrogen and oxygen atoms in total. The molecule has 0 aliphatic carbocycles. The number of aromatic nitrogens is 1. The zero-order valence-electron chi connectivity index (χ0n) is 11.6. The van der Waals surface area contributed by atoms with Crippen LogP contribution in [0.3, 0.4) is 0 Å². The van der Waals surface area contributed by atoms with Crippen molar-refractivity contribution >= 4 is 23.2 Å². The number of nitrogens with zero attached hydrogens (tertiary/aromatic N) is 2. The topological polar surface area (TPSA) is 68.3 Å². The van der Waals surface area contributed by atoms with Gasteiger partial charge in [0.2, 0.25) is 5.91 Å². The molecule has 0 spiro atoms. The highest BCUT2D eigenvalue weighted by Gasteiger charge is 2.11. The minimum atomic E-state index is -0.252. The standard InChI is InChI=1S/C15H16ClN3O2/c1-18(8-11-2-4-12(16)5-3-11)15(21)10-19-9-13(17)6-7-14(19)20/h2-7,9H,8,10,17H2,1H3. The molecule has 21 heavy (non-hydrogen) atoms. The molecule has 0 radical (unpaired) electrons. The van der Waals surface area contributed by atoms with E-state index in [1.54, 1.807) is 24.1 Å². The van der Waals surface area contributed by atoms with Crippen LogP contribution >= 0.6 is 11.6 Å². The number of nitrogen functional groups attached to an aromatic ring is 1. The number of amides is 1. The quantitative estimate of drug-likeness (QED) is 0.935. The summed E-state index contributed by atoms with van der Waals surface area (Å²) in [5, 5.41) is 0.652. The van der Waals surface area contributed by atoms with E-state index in [2.05, 4.69) is 0 Å². The van der Waals surface area contributed by atoms with Gasteiger partial charge in [-0.05, 0) is 23.8 Å². The van der Waals surface area contributed by atoms with E-state index in [9.17, 15) is 9.59 Å². The van der Waals surface area contributed by atoms with E-state index in [1.807, 2.05) is 12.1 Å². The van der Waals surface area contributed by atoms with Gasteiger partial charge in [-0.3, -0.25) is 9.59 Å². The third-order valence-corrected chi connectivity index (χ3v) is 3.32. The molecule has 1 aromatic carbocycles. The number of hydrogen-bond acceptors (Lipinski definition) is 3. The molecule has 0 bridgehead atoms. The van der Waals surface area contributed by atoms with Crippen LogP contribution in [-0.2, 0) is 17.9 Å². The number of pyridine rings is 1. The average Bonchev–Trinajstić information content (AvgIpc) is 2.45. The van der Waals surface area contributed by atoms with E-state index in [-0.39, 0.29) is 18.0 Å². The number of carbonyl (C=O) groups is 1. The van der Waals surface area contributed by atoms with Gasteiger partial charge in [-0.2, -0.15) is 0 Å². The monoisotopic (exact) mass is 305 g/mol. The SMILES string of the molecule is CN(Cc1ccc(Cl)cc1)C(=O)Cn1cc(N)ccc1=O. The van der Waals surface area contributed by atoms with Crippen LogP contribution in [0.4, 0.5) is 5.69 Å². The largest absolute Gasteiger partial charge is 0.398 e. The van der Waals surface area contributed by atoms with E-state index in [0.29, 0.717) is 17.3 Å². The lowest BCUT2D eigenvalue weighted by atomic mass is 10.2. The predicted molar refractivity (Wildman–Crippen MR) is 83.0 cm³/mol. The molecule has 0 unspecified atom stereocenters. The van der Waals surface area contributed by atoms with Crippen LogP contribution in [0.1, 0.15) is 5.56 Å². The van der Waals surface area contributed by atoms with Crippen molar-refractivity contribution in [3.05, 3.63) is 63.5 Å². The van der Waals surface area contributed by atoms with Gasteiger partial charge in [0, 0.05) is 36.6 Å². The second-order valence-electron chi connectivity index (χ2n) is 4.80. The molecule has 0 saturated heterocycles. The van der Waals surface area contributed by atoms with Gasteiger partial charge >= 0.3 is 0 Å². The number of likely N-dealkylation sites (N-methyl/N-ethyl adjacent to an activating group) is 1. The number of anilines is 1. The van der Waals surface area contributed by atoms with E-state index in [4.69, 9.17) is 17.3 Å². The first-order valence-corrected chi connectivity index (χ1v) is 6.78. The van der Waals surface area contributed by atoms with E-state index < -0.39 is 0 Å². The Morgan fingerprint density at radius 3 is 2.57 bits per heavy atom. The van der Waals surface area contributed by atoms with Crippen molar-refractivity contribution in [2.75, 3.05) is 12.8 Å². The molecule has 0 atom stereocenters. The van der Waals surface area contributed by atoms with E-state index >= 15 is 0 Å². The minimum Gasteiger partial charge on any atom is -0.398 e. The van der Waals surface area contributed by atoms with Gasteiger partial charge in [0.25, 0.3) is 5.56 Å². The summed E-state index contributed by atoms with van der Waals surface area (Å²) in [6, 6.07) is 10.1. The van der Waals surface area contributed by atoms with Crippen LogP contribution in [-0.4, -0.2) is 22.4 Å². The fourth-order valence-electron chi connectivity index (χ4n) is 1.89. The molecular formula is C15H16ClN3O2. The van der Waals surface area contributed by atoms with Crippen LogP contribution in [0, 0.1) is 0 Å². The average molecular weight is 306 g/mol. The Balaban J connectivity index is 2.04. The molecule has 0 saturated carbocycles. The Morgan fingerprint density at radius 1 is 1.24 bits per heavy atom. The number of halogens is 1.